The zero-order valence-electron chi connectivity index (χ0n) is 16.1. The first kappa shape index (κ1) is 19.8. The second-order valence-corrected chi connectivity index (χ2v) is 7.59. The summed E-state index contributed by atoms with van der Waals surface area (Å²) in [6, 6.07) is 12.8. The number of thiazole rings is 1. The summed E-state index contributed by atoms with van der Waals surface area (Å²) in [6.45, 7) is 6.01. The van der Waals surface area contributed by atoms with Crippen molar-refractivity contribution < 1.29 is 14.3 Å². The third-order valence-electron chi connectivity index (χ3n) is 4.21. The van der Waals surface area contributed by atoms with Gasteiger partial charge in [0.05, 0.1) is 12.3 Å². The van der Waals surface area contributed by atoms with Crippen molar-refractivity contribution in [2.45, 2.75) is 26.8 Å². The van der Waals surface area contributed by atoms with E-state index in [-0.39, 0.29) is 24.5 Å². The topological polar surface area (TPSA) is 73.2 Å². The summed E-state index contributed by atoms with van der Waals surface area (Å²) in [6.07, 6.45) is 3.73. The van der Waals surface area contributed by atoms with E-state index in [1.807, 2.05) is 73.3 Å². The number of hydrogen-bond acceptors (Lipinski definition) is 5. The van der Waals surface area contributed by atoms with Gasteiger partial charge in [-0.3, -0.25) is 4.79 Å². The maximum absolute atomic E-state index is 12.9. The van der Waals surface area contributed by atoms with Crippen molar-refractivity contribution in [1.82, 2.24) is 9.55 Å². The van der Waals surface area contributed by atoms with E-state index >= 15 is 0 Å². The van der Waals surface area contributed by atoms with E-state index in [9.17, 15) is 9.59 Å². The van der Waals surface area contributed by atoms with Gasteiger partial charge in [-0.25, -0.2) is 9.78 Å². The lowest BCUT2D eigenvalue weighted by Gasteiger charge is -2.21. The fourth-order valence-electron chi connectivity index (χ4n) is 3.00. The van der Waals surface area contributed by atoms with E-state index in [4.69, 9.17) is 4.74 Å². The number of nitrogens with one attached hydrogen (secondary N) is 1. The second kappa shape index (κ2) is 8.84. The highest BCUT2D eigenvalue weighted by Crippen LogP contribution is 2.32. The number of ether oxygens (including phenoxy) is 1. The van der Waals surface area contributed by atoms with Gasteiger partial charge in [-0.2, -0.15) is 0 Å². The van der Waals surface area contributed by atoms with Crippen LogP contribution in [0.3, 0.4) is 0 Å². The number of carbonyl (C=O) groups excluding carboxylic acids is 2. The van der Waals surface area contributed by atoms with Gasteiger partial charge in [-0.1, -0.05) is 55.5 Å². The van der Waals surface area contributed by atoms with E-state index in [1.54, 1.807) is 6.92 Å². The van der Waals surface area contributed by atoms with Crippen LogP contribution >= 0.6 is 11.3 Å². The number of anilines is 1. The average Bonchev–Trinajstić information content (AvgIpc) is 3.33. The minimum absolute atomic E-state index is 0.0884. The first-order valence-corrected chi connectivity index (χ1v) is 9.99. The van der Waals surface area contributed by atoms with Gasteiger partial charge in [-0.15, -0.1) is 0 Å². The summed E-state index contributed by atoms with van der Waals surface area (Å²) in [7, 11) is 0. The molecular weight excluding hydrogens is 374 g/mol. The van der Waals surface area contributed by atoms with Crippen LogP contribution in [0.2, 0.25) is 0 Å². The quantitative estimate of drug-likeness (QED) is 0.590. The van der Waals surface area contributed by atoms with E-state index < -0.39 is 5.97 Å². The Balaban J connectivity index is 1.92. The minimum Gasteiger partial charge on any atom is -0.462 e. The largest absolute Gasteiger partial charge is 0.462 e. The van der Waals surface area contributed by atoms with Crippen molar-refractivity contribution in [3.63, 3.8) is 0 Å². The molecule has 3 aromatic rings. The molecule has 0 aliphatic heterocycles. The molecule has 1 amide bonds. The Labute approximate surface area is 168 Å². The molecule has 0 aliphatic rings. The molecule has 3 rings (SSSR count). The monoisotopic (exact) mass is 397 g/mol. The van der Waals surface area contributed by atoms with Crippen LogP contribution in [0.4, 0.5) is 5.13 Å². The number of hydrogen-bond donors (Lipinski definition) is 1. The Morgan fingerprint density at radius 1 is 1.14 bits per heavy atom. The summed E-state index contributed by atoms with van der Waals surface area (Å²) >= 11 is 1.13. The molecule has 0 radical (unpaired) electrons. The molecule has 0 fully saturated rings. The number of rotatable bonds is 7. The molecule has 1 atom stereocenters. The first-order valence-electron chi connectivity index (χ1n) is 9.18. The van der Waals surface area contributed by atoms with E-state index in [0.29, 0.717) is 15.7 Å². The van der Waals surface area contributed by atoms with Crippen molar-refractivity contribution in [1.29, 1.82) is 0 Å². The molecule has 1 aromatic carbocycles. The Morgan fingerprint density at radius 3 is 2.43 bits per heavy atom. The molecule has 2 heterocycles. The van der Waals surface area contributed by atoms with Crippen molar-refractivity contribution in [3.8, 4) is 11.3 Å². The molecule has 1 N–H and O–H groups in total. The fourth-order valence-corrected chi connectivity index (χ4v) is 3.88. The number of amides is 1. The van der Waals surface area contributed by atoms with E-state index in [2.05, 4.69) is 10.3 Å². The van der Waals surface area contributed by atoms with Crippen molar-refractivity contribution in [3.05, 3.63) is 59.7 Å². The lowest BCUT2D eigenvalue weighted by atomic mass is 10.0. The lowest BCUT2D eigenvalue weighted by Crippen LogP contribution is -2.29. The predicted octanol–water partition coefficient (Wildman–Crippen LogP) is 4.62. The summed E-state index contributed by atoms with van der Waals surface area (Å²) in [4.78, 5) is 30.2. The van der Waals surface area contributed by atoms with Crippen LogP contribution in [-0.2, 0) is 9.53 Å². The summed E-state index contributed by atoms with van der Waals surface area (Å²) < 4.78 is 7.04. The Bertz CT molecular complexity index is 933. The normalized spacial score (nSPS) is 12.0. The van der Waals surface area contributed by atoms with Crippen LogP contribution in [0.5, 0.6) is 0 Å². The molecule has 146 valence electrons. The van der Waals surface area contributed by atoms with Crippen molar-refractivity contribution in [2.24, 2.45) is 5.92 Å². The van der Waals surface area contributed by atoms with Gasteiger partial charge in [0, 0.05) is 18.0 Å². The first-order chi connectivity index (χ1) is 13.5. The van der Waals surface area contributed by atoms with Crippen LogP contribution in [0.25, 0.3) is 11.3 Å². The molecule has 1 unspecified atom stereocenters. The molecular formula is C21H23N3O3S. The highest BCUT2D eigenvalue weighted by Gasteiger charge is 2.26. The van der Waals surface area contributed by atoms with Crippen molar-refractivity contribution in [2.75, 3.05) is 11.9 Å². The molecule has 6 nitrogen and oxygen atoms in total. The van der Waals surface area contributed by atoms with E-state index in [0.717, 1.165) is 16.9 Å². The zero-order valence-corrected chi connectivity index (χ0v) is 16.9. The molecule has 0 bridgehead atoms. The lowest BCUT2D eigenvalue weighted by molar-refractivity contribution is -0.120. The number of benzene rings is 1. The standard InChI is InChI=1S/C21H23N3O3S/c1-4-27-20(26)18-16(15-10-6-5-7-11-15)22-21(28-18)23-19(25)17(14(2)3)24-12-8-9-13-24/h5-14,17H,4H2,1-3H3,(H,22,23,25). The van der Waals surface area contributed by atoms with Crippen LogP contribution in [0, 0.1) is 5.92 Å². The molecule has 28 heavy (non-hydrogen) atoms. The molecule has 0 saturated heterocycles. The van der Waals surface area contributed by atoms with Gasteiger partial charge in [-0.05, 0) is 25.0 Å². The number of esters is 1. The van der Waals surface area contributed by atoms with Crippen LogP contribution < -0.4 is 5.32 Å². The highest BCUT2D eigenvalue weighted by atomic mass is 32.1. The maximum atomic E-state index is 12.9. The van der Waals surface area contributed by atoms with Crippen molar-refractivity contribution >= 4 is 28.3 Å². The van der Waals surface area contributed by atoms with Gasteiger partial charge in [0.25, 0.3) is 0 Å². The number of aromatic nitrogens is 2. The van der Waals surface area contributed by atoms with Crippen LogP contribution in [0.15, 0.2) is 54.9 Å². The predicted molar refractivity (Wildman–Crippen MR) is 110 cm³/mol. The van der Waals surface area contributed by atoms with Crippen LogP contribution in [-0.4, -0.2) is 28.0 Å². The SMILES string of the molecule is CCOC(=O)c1sc(NC(=O)C(C(C)C)n2cccc2)nc1-c1ccccc1. The number of nitrogens with zero attached hydrogens (tertiary/aromatic N) is 2. The molecule has 2 aromatic heterocycles. The summed E-state index contributed by atoms with van der Waals surface area (Å²) in [5, 5.41) is 3.26. The van der Waals surface area contributed by atoms with Crippen LogP contribution in [0.1, 0.15) is 36.5 Å². The van der Waals surface area contributed by atoms with Gasteiger partial charge in [0.1, 0.15) is 10.9 Å². The van der Waals surface area contributed by atoms with Gasteiger partial charge >= 0.3 is 5.97 Å². The Hall–Kier alpha value is -2.93. The third-order valence-corrected chi connectivity index (χ3v) is 5.17. The average molecular weight is 398 g/mol. The molecule has 7 heteroatoms. The Kier molecular flexibility index (Phi) is 6.26. The van der Waals surface area contributed by atoms with Gasteiger partial charge < -0.3 is 14.6 Å². The molecule has 0 spiro atoms. The summed E-state index contributed by atoms with van der Waals surface area (Å²) in [5.74, 6) is -0.523. The smallest absolute Gasteiger partial charge is 0.350 e. The third kappa shape index (κ3) is 4.31. The number of carbonyl (C=O) groups is 2. The summed E-state index contributed by atoms with van der Waals surface area (Å²) in [5.41, 5.74) is 1.31. The second-order valence-electron chi connectivity index (χ2n) is 6.59. The van der Waals surface area contributed by atoms with Gasteiger partial charge in [0.2, 0.25) is 5.91 Å². The van der Waals surface area contributed by atoms with E-state index in [1.165, 1.54) is 0 Å². The maximum Gasteiger partial charge on any atom is 0.350 e. The molecule has 0 saturated carbocycles. The molecule has 0 aliphatic carbocycles. The van der Waals surface area contributed by atoms with Gasteiger partial charge in [0.15, 0.2) is 5.13 Å². The minimum atomic E-state index is -0.440. The highest BCUT2D eigenvalue weighted by molar-refractivity contribution is 7.18. The zero-order chi connectivity index (χ0) is 20.1. The fraction of sp³-hybridized carbons (Fsp3) is 0.286. The Morgan fingerprint density at radius 2 is 1.82 bits per heavy atom.